The van der Waals surface area contributed by atoms with Crippen molar-refractivity contribution in [3.05, 3.63) is 33.9 Å². The highest BCUT2D eigenvalue weighted by atomic mass is 16.6. The van der Waals surface area contributed by atoms with Gasteiger partial charge in [0.05, 0.1) is 11.5 Å². The Kier molecular flexibility index (Phi) is 4.95. The highest BCUT2D eigenvalue weighted by molar-refractivity contribution is 5.48. The molecule has 1 saturated carbocycles. The van der Waals surface area contributed by atoms with Gasteiger partial charge in [-0.1, -0.05) is 19.9 Å². The number of ether oxygens (including phenoxy) is 1. The minimum Gasteiger partial charge on any atom is -0.487 e. The lowest BCUT2D eigenvalue weighted by atomic mass is 10.1. The van der Waals surface area contributed by atoms with Gasteiger partial charge in [0.25, 0.3) is 0 Å². The maximum Gasteiger partial charge on any atom is 0.311 e. The van der Waals surface area contributed by atoms with Gasteiger partial charge in [-0.05, 0) is 42.9 Å². The molecule has 0 unspecified atom stereocenters. The average Bonchev–Trinajstić information content (AvgIpc) is 3.20. The number of hydrogen-bond acceptors (Lipinski definition) is 4. The molecule has 1 fully saturated rings. The van der Waals surface area contributed by atoms with Crippen molar-refractivity contribution < 1.29 is 9.66 Å². The summed E-state index contributed by atoms with van der Waals surface area (Å²) in [5.41, 5.74) is 0.977. The second-order valence-electron chi connectivity index (χ2n) is 5.84. The van der Waals surface area contributed by atoms with Crippen molar-refractivity contribution in [2.45, 2.75) is 33.2 Å². The molecule has 0 saturated heterocycles. The van der Waals surface area contributed by atoms with Crippen LogP contribution in [0.3, 0.4) is 0 Å². The molecule has 110 valence electrons. The van der Waals surface area contributed by atoms with E-state index >= 15 is 0 Å². The van der Waals surface area contributed by atoms with Crippen LogP contribution in [0.4, 0.5) is 5.69 Å². The molecule has 0 aromatic heterocycles. The molecule has 5 heteroatoms. The molecule has 0 radical (unpaired) electrons. The Hall–Kier alpha value is -1.62. The molecule has 1 aromatic rings. The van der Waals surface area contributed by atoms with Crippen LogP contribution in [0.15, 0.2) is 18.2 Å². The number of hydrogen-bond donors (Lipinski definition) is 1. The molecule has 0 bridgehead atoms. The summed E-state index contributed by atoms with van der Waals surface area (Å²) in [5, 5.41) is 14.4. The first-order valence-electron chi connectivity index (χ1n) is 7.17. The summed E-state index contributed by atoms with van der Waals surface area (Å²) < 4.78 is 5.56. The summed E-state index contributed by atoms with van der Waals surface area (Å²) >= 11 is 0. The van der Waals surface area contributed by atoms with E-state index in [9.17, 15) is 10.1 Å². The fraction of sp³-hybridized carbons (Fsp3) is 0.600. The zero-order chi connectivity index (χ0) is 14.5. The van der Waals surface area contributed by atoms with Gasteiger partial charge in [0.15, 0.2) is 5.75 Å². The van der Waals surface area contributed by atoms with E-state index in [1.54, 1.807) is 12.1 Å². The van der Waals surface area contributed by atoms with E-state index in [1.165, 1.54) is 12.8 Å². The summed E-state index contributed by atoms with van der Waals surface area (Å²) in [6.07, 6.45) is 2.34. The SMILES string of the molecule is CC(C)CNCc1ccc(OCC2CC2)c([N+](=O)[O-])c1. The topological polar surface area (TPSA) is 64.4 Å². The summed E-state index contributed by atoms with van der Waals surface area (Å²) in [6.45, 7) is 6.38. The maximum atomic E-state index is 11.1. The third-order valence-electron chi connectivity index (χ3n) is 3.27. The minimum atomic E-state index is -0.367. The second-order valence-corrected chi connectivity index (χ2v) is 5.84. The van der Waals surface area contributed by atoms with E-state index in [0.29, 0.717) is 30.7 Å². The lowest BCUT2D eigenvalue weighted by Crippen LogP contribution is -2.19. The molecule has 2 rings (SSSR count). The predicted molar refractivity (Wildman–Crippen MR) is 77.9 cm³/mol. The first-order valence-corrected chi connectivity index (χ1v) is 7.17. The predicted octanol–water partition coefficient (Wildman–Crippen LogP) is 3.13. The molecule has 0 heterocycles. The molecule has 0 aliphatic heterocycles. The van der Waals surface area contributed by atoms with Crippen LogP contribution < -0.4 is 10.1 Å². The fourth-order valence-electron chi connectivity index (χ4n) is 1.93. The molecule has 1 N–H and O–H groups in total. The normalized spacial score (nSPS) is 14.6. The summed E-state index contributed by atoms with van der Waals surface area (Å²) in [6, 6.07) is 5.21. The number of nitrogens with zero attached hydrogens (tertiary/aromatic N) is 1. The van der Waals surface area contributed by atoms with Crippen LogP contribution in [-0.2, 0) is 6.54 Å². The third kappa shape index (κ3) is 4.49. The Balaban J connectivity index is 1.99. The Bertz CT molecular complexity index is 470. The molecule has 5 nitrogen and oxygen atoms in total. The Labute approximate surface area is 119 Å². The molecule has 0 amide bonds. The molecule has 0 atom stereocenters. The lowest BCUT2D eigenvalue weighted by Gasteiger charge is -2.09. The second kappa shape index (κ2) is 6.70. The van der Waals surface area contributed by atoms with Crippen molar-refractivity contribution in [1.29, 1.82) is 0 Å². The van der Waals surface area contributed by atoms with Crippen molar-refractivity contribution in [3.63, 3.8) is 0 Å². The molecule has 1 aliphatic rings. The van der Waals surface area contributed by atoms with E-state index < -0.39 is 0 Å². The highest BCUT2D eigenvalue weighted by Crippen LogP contribution is 2.33. The van der Waals surface area contributed by atoms with Gasteiger partial charge >= 0.3 is 5.69 Å². The Morgan fingerprint density at radius 1 is 1.45 bits per heavy atom. The largest absolute Gasteiger partial charge is 0.487 e. The van der Waals surface area contributed by atoms with Crippen LogP contribution in [0.1, 0.15) is 32.3 Å². The van der Waals surface area contributed by atoms with Crippen LogP contribution in [0.5, 0.6) is 5.75 Å². The van der Waals surface area contributed by atoms with Gasteiger partial charge in [-0.15, -0.1) is 0 Å². The molecule has 20 heavy (non-hydrogen) atoms. The number of rotatable bonds is 8. The van der Waals surface area contributed by atoms with Crippen molar-refractivity contribution in [1.82, 2.24) is 5.32 Å². The molecule has 1 aliphatic carbocycles. The van der Waals surface area contributed by atoms with Crippen LogP contribution in [0.2, 0.25) is 0 Å². The number of nitrogens with one attached hydrogen (secondary N) is 1. The van der Waals surface area contributed by atoms with Gasteiger partial charge in [0.2, 0.25) is 0 Å². The van der Waals surface area contributed by atoms with Crippen molar-refractivity contribution >= 4 is 5.69 Å². The molecular formula is C15H22N2O3. The van der Waals surface area contributed by atoms with Gasteiger partial charge in [-0.2, -0.15) is 0 Å². The maximum absolute atomic E-state index is 11.1. The van der Waals surface area contributed by atoms with Crippen molar-refractivity contribution in [2.24, 2.45) is 11.8 Å². The zero-order valence-electron chi connectivity index (χ0n) is 12.1. The van der Waals surface area contributed by atoms with Gasteiger partial charge < -0.3 is 10.1 Å². The molecule has 1 aromatic carbocycles. The summed E-state index contributed by atoms with van der Waals surface area (Å²) in [7, 11) is 0. The van der Waals surface area contributed by atoms with Gasteiger partial charge in [-0.3, -0.25) is 10.1 Å². The van der Waals surface area contributed by atoms with E-state index in [-0.39, 0.29) is 10.6 Å². The van der Waals surface area contributed by atoms with Crippen molar-refractivity contribution in [3.8, 4) is 5.75 Å². The number of benzene rings is 1. The zero-order valence-corrected chi connectivity index (χ0v) is 12.1. The minimum absolute atomic E-state index is 0.0643. The third-order valence-corrected chi connectivity index (χ3v) is 3.27. The van der Waals surface area contributed by atoms with Crippen LogP contribution in [0, 0.1) is 22.0 Å². The highest BCUT2D eigenvalue weighted by Gasteiger charge is 2.24. The molecular weight excluding hydrogens is 256 g/mol. The molecule has 0 spiro atoms. The van der Waals surface area contributed by atoms with Gasteiger partial charge in [0.1, 0.15) is 0 Å². The van der Waals surface area contributed by atoms with Crippen LogP contribution in [-0.4, -0.2) is 18.1 Å². The van der Waals surface area contributed by atoms with Crippen molar-refractivity contribution in [2.75, 3.05) is 13.2 Å². The quantitative estimate of drug-likeness (QED) is 0.586. The number of nitro groups is 1. The fourth-order valence-corrected chi connectivity index (χ4v) is 1.93. The Morgan fingerprint density at radius 3 is 2.80 bits per heavy atom. The van der Waals surface area contributed by atoms with E-state index in [1.807, 2.05) is 6.07 Å². The number of nitro benzene ring substituents is 1. The van der Waals surface area contributed by atoms with E-state index in [0.717, 1.165) is 12.1 Å². The van der Waals surface area contributed by atoms with E-state index in [4.69, 9.17) is 4.74 Å². The monoisotopic (exact) mass is 278 g/mol. The summed E-state index contributed by atoms with van der Waals surface area (Å²) in [4.78, 5) is 10.8. The standard InChI is InChI=1S/C15H22N2O3/c1-11(2)8-16-9-13-5-6-15(14(7-13)17(18)19)20-10-12-3-4-12/h5-7,11-12,16H,3-4,8-10H2,1-2H3. The smallest absolute Gasteiger partial charge is 0.311 e. The van der Waals surface area contributed by atoms with Crippen LogP contribution in [0.25, 0.3) is 0 Å². The first kappa shape index (κ1) is 14.8. The van der Waals surface area contributed by atoms with Gasteiger partial charge in [-0.25, -0.2) is 0 Å². The average molecular weight is 278 g/mol. The van der Waals surface area contributed by atoms with E-state index in [2.05, 4.69) is 19.2 Å². The lowest BCUT2D eigenvalue weighted by molar-refractivity contribution is -0.385. The summed E-state index contributed by atoms with van der Waals surface area (Å²) in [5.74, 6) is 1.53. The Morgan fingerprint density at radius 2 is 2.20 bits per heavy atom. The first-order chi connectivity index (χ1) is 9.56. The van der Waals surface area contributed by atoms with Gasteiger partial charge in [0, 0.05) is 12.6 Å². The van der Waals surface area contributed by atoms with Crippen LogP contribution >= 0.6 is 0 Å².